The average molecular weight is 411 g/mol. The zero-order valence-corrected chi connectivity index (χ0v) is 17.7. The number of rotatable bonds is 5. The van der Waals surface area contributed by atoms with Crippen LogP contribution in [-0.4, -0.2) is 52.1 Å². The molecule has 1 aromatic heterocycles. The van der Waals surface area contributed by atoms with Gasteiger partial charge in [0.05, 0.1) is 0 Å². The highest BCUT2D eigenvalue weighted by atomic mass is 32.2. The Kier molecular flexibility index (Phi) is 6.72. The minimum Gasteiger partial charge on any atom is -0.384 e. The Hall–Kier alpha value is -2.05. The molecule has 2 aromatic rings. The Morgan fingerprint density at radius 2 is 1.76 bits per heavy atom. The summed E-state index contributed by atoms with van der Waals surface area (Å²) in [5, 5.41) is 0.621. The molecule has 0 saturated carbocycles. The van der Waals surface area contributed by atoms with Crippen LogP contribution < -0.4 is 5.73 Å². The van der Waals surface area contributed by atoms with Gasteiger partial charge in [0.2, 0.25) is 5.91 Å². The second-order valence-electron chi connectivity index (χ2n) is 8.09. The van der Waals surface area contributed by atoms with Crippen molar-refractivity contribution < 1.29 is 4.79 Å². The SMILES string of the molecule is Nc1cc(CN2CCC(C(=O)N3CCC(Sc4ccccc4)CC3)CC2)ccn1. The van der Waals surface area contributed by atoms with Gasteiger partial charge in [-0.2, -0.15) is 0 Å². The van der Waals surface area contributed by atoms with Crippen LogP contribution in [0.15, 0.2) is 53.6 Å². The lowest BCUT2D eigenvalue weighted by atomic mass is 9.94. The Bertz CT molecular complexity index is 800. The molecule has 1 aromatic carbocycles. The van der Waals surface area contributed by atoms with Crippen LogP contribution in [-0.2, 0) is 11.3 Å². The number of pyridine rings is 1. The molecule has 29 heavy (non-hydrogen) atoms. The van der Waals surface area contributed by atoms with E-state index in [1.165, 1.54) is 10.5 Å². The fraction of sp³-hybridized carbons (Fsp3) is 0.478. The molecule has 0 spiro atoms. The Morgan fingerprint density at radius 3 is 2.45 bits per heavy atom. The van der Waals surface area contributed by atoms with Crippen LogP contribution >= 0.6 is 11.8 Å². The number of nitrogens with two attached hydrogens (primary N) is 1. The van der Waals surface area contributed by atoms with Crippen LogP contribution in [0.2, 0.25) is 0 Å². The molecule has 0 radical (unpaired) electrons. The number of anilines is 1. The first-order valence-corrected chi connectivity index (χ1v) is 11.5. The van der Waals surface area contributed by atoms with Crippen LogP contribution in [0.5, 0.6) is 0 Å². The fourth-order valence-electron chi connectivity index (χ4n) is 4.33. The van der Waals surface area contributed by atoms with E-state index >= 15 is 0 Å². The molecule has 154 valence electrons. The van der Waals surface area contributed by atoms with Crippen LogP contribution in [0, 0.1) is 5.92 Å². The molecule has 0 atom stereocenters. The standard InChI is InChI=1S/C23H30N4OS/c24-22-16-18(6-11-25-22)17-26-12-7-19(8-13-26)23(28)27-14-9-21(10-15-27)29-20-4-2-1-3-5-20/h1-6,11,16,19,21H,7-10,12-15,17H2,(H2,24,25). The summed E-state index contributed by atoms with van der Waals surface area (Å²) in [7, 11) is 0. The number of thioether (sulfide) groups is 1. The number of benzene rings is 1. The van der Waals surface area contributed by atoms with E-state index in [4.69, 9.17) is 5.73 Å². The third kappa shape index (κ3) is 5.52. The predicted molar refractivity (Wildman–Crippen MR) is 119 cm³/mol. The van der Waals surface area contributed by atoms with E-state index in [9.17, 15) is 4.79 Å². The third-order valence-electron chi connectivity index (χ3n) is 5.99. The van der Waals surface area contributed by atoms with Gasteiger partial charge in [0.1, 0.15) is 5.82 Å². The maximum atomic E-state index is 13.0. The monoisotopic (exact) mass is 410 g/mol. The second-order valence-corrected chi connectivity index (χ2v) is 9.47. The molecule has 2 fully saturated rings. The van der Waals surface area contributed by atoms with Gasteiger partial charge in [-0.3, -0.25) is 9.69 Å². The molecule has 2 aliphatic rings. The molecule has 0 unspecified atom stereocenters. The molecule has 2 saturated heterocycles. The number of hydrogen-bond donors (Lipinski definition) is 1. The number of carbonyl (C=O) groups excluding carboxylic acids is 1. The molecular weight excluding hydrogens is 380 g/mol. The summed E-state index contributed by atoms with van der Waals surface area (Å²) < 4.78 is 0. The average Bonchev–Trinajstić information content (AvgIpc) is 2.75. The van der Waals surface area contributed by atoms with Crippen LogP contribution in [0.3, 0.4) is 0 Å². The maximum Gasteiger partial charge on any atom is 0.225 e. The zero-order valence-electron chi connectivity index (χ0n) is 16.9. The van der Waals surface area contributed by atoms with Gasteiger partial charge in [-0.15, -0.1) is 11.8 Å². The van der Waals surface area contributed by atoms with Gasteiger partial charge in [0, 0.05) is 41.9 Å². The highest BCUT2D eigenvalue weighted by Gasteiger charge is 2.31. The van der Waals surface area contributed by atoms with Gasteiger partial charge >= 0.3 is 0 Å². The Balaban J connectivity index is 1.21. The summed E-state index contributed by atoms with van der Waals surface area (Å²) >= 11 is 1.96. The topological polar surface area (TPSA) is 62.5 Å². The van der Waals surface area contributed by atoms with E-state index in [2.05, 4.69) is 45.1 Å². The molecule has 0 bridgehead atoms. The number of nitrogens with zero attached hydrogens (tertiary/aromatic N) is 3. The number of carbonyl (C=O) groups is 1. The van der Waals surface area contributed by atoms with Crippen LogP contribution in [0.1, 0.15) is 31.2 Å². The van der Waals surface area contributed by atoms with Crippen molar-refractivity contribution in [3.8, 4) is 0 Å². The lowest BCUT2D eigenvalue weighted by molar-refractivity contribution is -0.138. The summed E-state index contributed by atoms with van der Waals surface area (Å²) in [6, 6.07) is 14.6. The number of hydrogen-bond acceptors (Lipinski definition) is 5. The van der Waals surface area contributed by atoms with Crippen molar-refractivity contribution in [3.05, 3.63) is 54.2 Å². The lowest BCUT2D eigenvalue weighted by Crippen LogP contribution is -2.45. The number of nitrogen functional groups attached to an aromatic ring is 1. The van der Waals surface area contributed by atoms with Gasteiger partial charge in [-0.25, -0.2) is 4.98 Å². The summed E-state index contributed by atoms with van der Waals surface area (Å²) in [6.07, 6.45) is 5.86. The summed E-state index contributed by atoms with van der Waals surface area (Å²) in [5.41, 5.74) is 6.97. The minimum absolute atomic E-state index is 0.187. The van der Waals surface area contributed by atoms with Gasteiger partial charge in [0.25, 0.3) is 0 Å². The van der Waals surface area contributed by atoms with Crippen molar-refractivity contribution in [2.45, 2.75) is 42.4 Å². The van der Waals surface area contributed by atoms with Crippen LogP contribution in [0.4, 0.5) is 5.82 Å². The molecular formula is C23H30N4OS. The highest BCUT2D eigenvalue weighted by molar-refractivity contribution is 8.00. The van der Waals surface area contributed by atoms with Crippen LogP contribution in [0.25, 0.3) is 0 Å². The zero-order chi connectivity index (χ0) is 20.1. The van der Waals surface area contributed by atoms with Gasteiger partial charge in [0.15, 0.2) is 0 Å². The molecule has 4 rings (SSSR count). The number of amides is 1. The lowest BCUT2D eigenvalue weighted by Gasteiger charge is -2.37. The smallest absolute Gasteiger partial charge is 0.225 e. The second kappa shape index (κ2) is 9.63. The third-order valence-corrected chi connectivity index (χ3v) is 7.34. The van der Waals surface area contributed by atoms with Crippen molar-refractivity contribution in [1.82, 2.24) is 14.8 Å². The molecule has 3 heterocycles. The molecule has 1 amide bonds. The largest absolute Gasteiger partial charge is 0.384 e. The summed E-state index contributed by atoms with van der Waals surface area (Å²) in [4.78, 5) is 22.9. The van der Waals surface area contributed by atoms with E-state index in [-0.39, 0.29) is 5.92 Å². The van der Waals surface area contributed by atoms with E-state index in [1.807, 2.05) is 23.9 Å². The summed E-state index contributed by atoms with van der Waals surface area (Å²) in [5.74, 6) is 1.13. The predicted octanol–water partition coefficient (Wildman–Crippen LogP) is 3.66. The van der Waals surface area contributed by atoms with Gasteiger partial charge < -0.3 is 10.6 Å². The first-order chi connectivity index (χ1) is 14.2. The normalized spacial score (nSPS) is 19.4. The van der Waals surface area contributed by atoms with Crippen molar-refractivity contribution in [2.24, 2.45) is 5.92 Å². The molecule has 6 heteroatoms. The molecule has 2 N–H and O–H groups in total. The van der Waals surface area contributed by atoms with E-state index < -0.39 is 0 Å². The van der Waals surface area contributed by atoms with Gasteiger partial charge in [-0.1, -0.05) is 18.2 Å². The number of piperidine rings is 2. The highest BCUT2D eigenvalue weighted by Crippen LogP contribution is 2.31. The summed E-state index contributed by atoms with van der Waals surface area (Å²) in [6.45, 7) is 4.63. The minimum atomic E-state index is 0.187. The van der Waals surface area contributed by atoms with E-state index in [0.717, 1.165) is 58.4 Å². The molecule has 2 aliphatic heterocycles. The molecule has 5 nitrogen and oxygen atoms in total. The number of aromatic nitrogens is 1. The van der Waals surface area contributed by atoms with Crippen molar-refractivity contribution in [3.63, 3.8) is 0 Å². The number of likely N-dealkylation sites (tertiary alicyclic amines) is 2. The first-order valence-electron chi connectivity index (χ1n) is 10.6. The Labute approximate surface area is 177 Å². The fourth-order valence-corrected chi connectivity index (χ4v) is 5.48. The van der Waals surface area contributed by atoms with Crippen molar-refractivity contribution in [1.29, 1.82) is 0 Å². The van der Waals surface area contributed by atoms with E-state index in [1.54, 1.807) is 6.20 Å². The molecule has 0 aliphatic carbocycles. The van der Waals surface area contributed by atoms with E-state index in [0.29, 0.717) is 17.0 Å². The van der Waals surface area contributed by atoms with Gasteiger partial charge in [-0.05, 0) is 68.6 Å². The first kappa shape index (κ1) is 20.2. The van der Waals surface area contributed by atoms with Crippen molar-refractivity contribution >= 4 is 23.5 Å². The Morgan fingerprint density at radius 1 is 1.03 bits per heavy atom. The maximum absolute atomic E-state index is 13.0. The van der Waals surface area contributed by atoms with Crippen molar-refractivity contribution in [2.75, 3.05) is 31.9 Å². The quantitative estimate of drug-likeness (QED) is 0.815.